The molecule has 1 aliphatic heterocycles. The number of halogens is 2. The molecule has 4 nitrogen and oxygen atoms in total. The number of amides is 1. The fraction of sp³-hybridized carbons (Fsp3) is 0.278. The molecule has 1 fully saturated rings. The second-order valence-corrected chi connectivity index (χ2v) is 6.89. The molecule has 3 rings (SSSR count). The first-order valence-electron chi connectivity index (χ1n) is 7.79. The van der Waals surface area contributed by atoms with E-state index in [-0.39, 0.29) is 30.4 Å². The molecule has 0 spiro atoms. The number of likely N-dealkylation sites (N-methyl/N-ethyl adjacent to an activating group) is 1. The van der Waals surface area contributed by atoms with Crippen molar-refractivity contribution in [3.63, 3.8) is 0 Å². The van der Waals surface area contributed by atoms with Crippen molar-refractivity contribution in [3.8, 4) is 0 Å². The first-order chi connectivity index (χ1) is 11.5. The normalized spacial score (nSPS) is 20.1. The number of rotatable bonds is 4. The number of nitrogens with zero attached hydrogens (tertiary/aromatic N) is 1. The van der Waals surface area contributed by atoms with Crippen molar-refractivity contribution >= 4 is 21.8 Å². The van der Waals surface area contributed by atoms with Crippen molar-refractivity contribution < 1.29 is 9.18 Å². The molecule has 2 N–H and O–H groups in total. The lowest BCUT2D eigenvalue weighted by atomic mass is 10.0. The number of hydrogen-bond donors (Lipinski definition) is 2. The molecule has 0 aromatic heterocycles. The van der Waals surface area contributed by atoms with Gasteiger partial charge >= 0.3 is 0 Å². The third-order valence-electron chi connectivity index (χ3n) is 4.19. The Kier molecular flexibility index (Phi) is 5.28. The lowest BCUT2D eigenvalue weighted by Crippen LogP contribution is -2.43. The molecule has 1 heterocycles. The maximum absolute atomic E-state index is 13.9. The first-order valence-corrected chi connectivity index (χ1v) is 8.59. The van der Waals surface area contributed by atoms with Gasteiger partial charge in [0.2, 0.25) is 5.91 Å². The van der Waals surface area contributed by atoms with Gasteiger partial charge in [0.1, 0.15) is 11.9 Å². The fourth-order valence-corrected chi connectivity index (χ4v) is 3.29. The molecule has 0 aliphatic carbocycles. The molecule has 126 valence electrons. The molecule has 2 unspecified atom stereocenters. The van der Waals surface area contributed by atoms with Crippen LogP contribution in [0.3, 0.4) is 0 Å². The minimum absolute atomic E-state index is 0.0553. The van der Waals surface area contributed by atoms with Crippen LogP contribution in [0.2, 0.25) is 0 Å². The van der Waals surface area contributed by atoms with Gasteiger partial charge in [-0.05, 0) is 30.2 Å². The van der Waals surface area contributed by atoms with Crippen LogP contribution in [-0.2, 0) is 11.3 Å². The molecule has 2 aromatic carbocycles. The maximum atomic E-state index is 13.9. The van der Waals surface area contributed by atoms with Crippen molar-refractivity contribution in [1.29, 1.82) is 0 Å². The highest BCUT2D eigenvalue weighted by molar-refractivity contribution is 9.10. The van der Waals surface area contributed by atoms with Gasteiger partial charge in [-0.25, -0.2) is 15.2 Å². The molecule has 24 heavy (non-hydrogen) atoms. The van der Waals surface area contributed by atoms with Gasteiger partial charge in [0.15, 0.2) is 0 Å². The molecule has 0 bridgehead atoms. The van der Waals surface area contributed by atoms with Gasteiger partial charge in [0.25, 0.3) is 0 Å². The largest absolute Gasteiger partial charge is 0.340 e. The van der Waals surface area contributed by atoms with Crippen LogP contribution in [0.25, 0.3) is 0 Å². The summed E-state index contributed by atoms with van der Waals surface area (Å²) in [4.78, 5) is 14.2. The fourth-order valence-electron chi connectivity index (χ4n) is 2.89. The standard InChI is InChI=1S/C18H19BrFN3O/c1-23(11-13-9-14(19)7-8-15(13)20)18(24)17-10-16(21-22-17)12-5-3-2-4-6-12/h2-9,16-17,21-22H,10-11H2,1H3. The molecule has 1 aliphatic rings. The Morgan fingerprint density at radius 3 is 2.75 bits per heavy atom. The van der Waals surface area contributed by atoms with E-state index in [0.29, 0.717) is 12.0 Å². The molecular formula is C18H19BrFN3O. The summed E-state index contributed by atoms with van der Waals surface area (Å²) in [6, 6.07) is 14.5. The average Bonchev–Trinajstić information content (AvgIpc) is 3.08. The summed E-state index contributed by atoms with van der Waals surface area (Å²) >= 11 is 3.33. The highest BCUT2D eigenvalue weighted by Crippen LogP contribution is 2.23. The van der Waals surface area contributed by atoms with Crippen LogP contribution >= 0.6 is 15.9 Å². The van der Waals surface area contributed by atoms with Gasteiger partial charge < -0.3 is 4.90 Å². The molecule has 1 amide bonds. The topological polar surface area (TPSA) is 44.4 Å². The number of carbonyl (C=O) groups is 1. The number of nitrogens with one attached hydrogen (secondary N) is 2. The van der Waals surface area contributed by atoms with Crippen LogP contribution in [0.15, 0.2) is 53.0 Å². The van der Waals surface area contributed by atoms with Crippen LogP contribution in [0.1, 0.15) is 23.6 Å². The van der Waals surface area contributed by atoms with Gasteiger partial charge in [0.05, 0.1) is 0 Å². The summed E-state index contributed by atoms with van der Waals surface area (Å²) < 4.78 is 14.7. The predicted molar refractivity (Wildman–Crippen MR) is 94.4 cm³/mol. The second kappa shape index (κ2) is 7.42. The molecule has 2 aromatic rings. The Morgan fingerprint density at radius 2 is 2.00 bits per heavy atom. The maximum Gasteiger partial charge on any atom is 0.241 e. The lowest BCUT2D eigenvalue weighted by Gasteiger charge is -2.21. The Morgan fingerprint density at radius 1 is 1.25 bits per heavy atom. The van der Waals surface area contributed by atoms with Crippen molar-refractivity contribution in [2.24, 2.45) is 0 Å². The first kappa shape index (κ1) is 17.1. The Bertz CT molecular complexity index is 725. The van der Waals surface area contributed by atoms with E-state index in [1.807, 2.05) is 30.3 Å². The third kappa shape index (κ3) is 3.83. The number of carbonyl (C=O) groups excluding carboxylic acids is 1. The summed E-state index contributed by atoms with van der Waals surface area (Å²) in [6.45, 7) is 0.234. The summed E-state index contributed by atoms with van der Waals surface area (Å²) in [6.07, 6.45) is 0.661. The van der Waals surface area contributed by atoms with E-state index in [0.717, 1.165) is 10.0 Å². The zero-order valence-electron chi connectivity index (χ0n) is 13.3. The number of hydrogen-bond acceptors (Lipinski definition) is 3. The summed E-state index contributed by atoms with van der Waals surface area (Å²) in [7, 11) is 1.69. The summed E-state index contributed by atoms with van der Waals surface area (Å²) in [5.74, 6) is -0.363. The van der Waals surface area contributed by atoms with Crippen molar-refractivity contribution in [1.82, 2.24) is 15.8 Å². The van der Waals surface area contributed by atoms with Crippen LogP contribution in [0.5, 0.6) is 0 Å². The summed E-state index contributed by atoms with van der Waals surface area (Å²) in [5.41, 5.74) is 7.85. The van der Waals surface area contributed by atoms with E-state index >= 15 is 0 Å². The minimum atomic E-state index is -0.324. The zero-order chi connectivity index (χ0) is 17.1. The molecule has 2 atom stereocenters. The average molecular weight is 392 g/mol. The predicted octanol–water partition coefficient (Wildman–Crippen LogP) is 3.15. The minimum Gasteiger partial charge on any atom is -0.340 e. The van der Waals surface area contributed by atoms with Crippen LogP contribution < -0.4 is 10.9 Å². The van der Waals surface area contributed by atoms with Gasteiger partial charge in [-0.15, -0.1) is 0 Å². The van der Waals surface area contributed by atoms with Crippen LogP contribution in [0.4, 0.5) is 4.39 Å². The van der Waals surface area contributed by atoms with E-state index in [9.17, 15) is 9.18 Å². The van der Waals surface area contributed by atoms with E-state index in [1.54, 1.807) is 24.1 Å². The third-order valence-corrected chi connectivity index (χ3v) is 4.69. The van der Waals surface area contributed by atoms with E-state index in [4.69, 9.17) is 0 Å². The number of benzene rings is 2. The highest BCUT2D eigenvalue weighted by atomic mass is 79.9. The Hall–Kier alpha value is -1.76. The van der Waals surface area contributed by atoms with Crippen molar-refractivity contribution in [3.05, 3.63) is 69.9 Å². The van der Waals surface area contributed by atoms with E-state index < -0.39 is 0 Å². The SMILES string of the molecule is CN(Cc1cc(Br)ccc1F)C(=O)C1CC(c2ccccc2)NN1. The molecular weight excluding hydrogens is 373 g/mol. The highest BCUT2D eigenvalue weighted by Gasteiger charge is 2.31. The van der Waals surface area contributed by atoms with Crippen molar-refractivity contribution in [2.45, 2.75) is 25.0 Å². The van der Waals surface area contributed by atoms with E-state index in [1.165, 1.54) is 6.07 Å². The second-order valence-electron chi connectivity index (χ2n) is 5.97. The van der Waals surface area contributed by atoms with Crippen LogP contribution in [0, 0.1) is 5.82 Å². The van der Waals surface area contributed by atoms with Gasteiger partial charge in [-0.1, -0.05) is 46.3 Å². The molecule has 0 saturated carbocycles. The van der Waals surface area contributed by atoms with Crippen molar-refractivity contribution in [2.75, 3.05) is 7.05 Å². The monoisotopic (exact) mass is 391 g/mol. The van der Waals surface area contributed by atoms with Crippen LogP contribution in [-0.4, -0.2) is 23.9 Å². The zero-order valence-corrected chi connectivity index (χ0v) is 14.9. The van der Waals surface area contributed by atoms with E-state index in [2.05, 4.69) is 26.8 Å². The summed E-state index contributed by atoms with van der Waals surface area (Å²) in [5, 5.41) is 0. The quantitative estimate of drug-likeness (QED) is 0.841. The van der Waals surface area contributed by atoms with Gasteiger partial charge in [-0.2, -0.15) is 0 Å². The molecule has 1 saturated heterocycles. The molecule has 6 heteroatoms. The molecule has 0 radical (unpaired) electrons. The number of hydrazine groups is 1. The van der Waals surface area contributed by atoms with Gasteiger partial charge in [-0.3, -0.25) is 4.79 Å². The van der Waals surface area contributed by atoms with Gasteiger partial charge in [0, 0.05) is 29.7 Å². The Labute approximate surface area is 149 Å². The Balaban J connectivity index is 1.63. The lowest BCUT2D eigenvalue weighted by molar-refractivity contribution is -0.132. The smallest absolute Gasteiger partial charge is 0.241 e.